The van der Waals surface area contributed by atoms with Crippen LogP contribution >= 0.6 is 0 Å². The van der Waals surface area contributed by atoms with E-state index in [1.54, 1.807) is 13.0 Å². The molecule has 29 heavy (non-hydrogen) atoms. The monoisotopic (exact) mass is 402 g/mol. The molecule has 158 valence electrons. The first-order chi connectivity index (χ1) is 13.9. The summed E-state index contributed by atoms with van der Waals surface area (Å²) in [4.78, 5) is 3.35. The number of nitrogens with two attached hydrogens (primary N) is 1. The molecule has 0 unspecified atom stereocenters. The Balaban J connectivity index is 2.39. The van der Waals surface area contributed by atoms with Gasteiger partial charge in [-0.25, -0.2) is 4.39 Å². The van der Waals surface area contributed by atoms with E-state index in [2.05, 4.69) is 11.9 Å². The summed E-state index contributed by atoms with van der Waals surface area (Å²) >= 11 is 0. The lowest BCUT2D eigenvalue weighted by atomic mass is 10.0. The van der Waals surface area contributed by atoms with Crippen molar-refractivity contribution >= 4 is 11.8 Å². The van der Waals surface area contributed by atoms with Gasteiger partial charge in [-0.1, -0.05) is 26.3 Å². The molecule has 1 aromatic heterocycles. The minimum Gasteiger partial charge on any atom is -0.489 e. The number of rotatable bonds is 10. The third kappa shape index (κ3) is 5.72. The van der Waals surface area contributed by atoms with Gasteiger partial charge in [-0.15, -0.1) is 0 Å². The molecule has 0 aliphatic rings. The summed E-state index contributed by atoms with van der Waals surface area (Å²) in [6, 6.07) is 2.92. The maximum absolute atomic E-state index is 14.3. The highest BCUT2D eigenvalue weighted by atomic mass is 19.1. The topological polar surface area (TPSA) is 51.0 Å². The highest BCUT2D eigenvalue weighted by molar-refractivity contribution is 5.62. The second-order valence-corrected chi connectivity index (χ2v) is 7.18. The second kappa shape index (κ2) is 10.8. The van der Waals surface area contributed by atoms with Crippen LogP contribution in [-0.4, -0.2) is 11.7 Å². The van der Waals surface area contributed by atoms with Crippen LogP contribution in [0.25, 0.3) is 6.08 Å². The fourth-order valence-corrected chi connectivity index (χ4v) is 3.36. The number of ether oxygens (including phenoxy) is 1. The van der Waals surface area contributed by atoms with E-state index in [-0.39, 0.29) is 12.4 Å². The van der Waals surface area contributed by atoms with Crippen LogP contribution in [-0.2, 0) is 24.2 Å². The molecule has 5 heteroatoms. The molecule has 0 amide bonds. The van der Waals surface area contributed by atoms with E-state index in [4.69, 9.17) is 10.5 Å². The van der Waals surface area contributed by atoms with Crippen molar-refractivity contribution in [3.8, 4) is 0 Å². The molecule has 0 aliphatic heterocycles. The van der Waals surface area contributed by atoms with Crippen molar-refractivity contribution in [2.75, 3.05) is 12.4 Å². The molecule has 0 saturated carbocycles. The predicted octanol–water partition coefficient (Wildman–Crippen LogP) is 6.34. The van der Waals surface area contributed by atoms with Gasteiger partial charge in [-0.2, -0.15) is 0 Å². The number of hydrogen-bond acceptors (Lipinski definition) is 2. The summed E-state index contributed by atoms with van der Waals surface area (Å²) < 4.78 is 33.4. The average molecular weight is 403 g/mol. The van der Waals surface area contributed by atoms with Crippen molar-refractivity contribution in [1.29, 1.82) is 0 Å². The lowest BCUT2D eigenvalue weighted by molar-refractivity contribution is 0.209. The molecule has 0 radical (unpaired) electrons. The van der Waals surface area contributed by atoms with Gasteiger partial charge in [0.2, 0.25) is 0 Å². The Labute approximate surface area is 172 Å². The molecule has 0 fully saturated rings. The summed E-state index contributed by atoms with van der Waals surface area (Å²) in [5.41, 5.74) is 11.5. The second-order valence-electron chi connectivity index (χ2n) is 7.18. The van der Waals surface area contributed by atoms with Crippen LogP contribution in [0.3, 0.4) is 0 Å². The summed E-state index contributed by atoms with van der Waals surface area (Å²) in [6.45, 7) is 7.57. The number of H-pyrrole nitrogens is 1. The van der Waals surface area contributed by atoms with E-state index in [0.29, 0.717) is 29.0 Å². The molecule has 0 atom stereocenters. The molecule has 0 aliphatic carbocycles. The van der Waals surface area contributed by atoms with Crippen molar-refractivity contribution in [3.05, 3.63) is 69.5 Å². The van der Waals surface area contributed by atoms with Crippen LogP contribution in [0.2, 0.25) is 0 Å². The van der Waals surface area contributed by atoms with Crippen molar-refractivity contribution in [3.63, 3.8) is 0 Å². The SMILES string of the molecule is CCC/C=C/C(=C\c1c(C)[nH]c(CC)c1CCF)OCc1c(F)ccc(N)c1C. The van der Waals surface area contributed by atoms with Crippen molar-refractivity contribution in [2.24, 2.45) is 0 Å². The van der Waals surface area contributed by atoms with Crippen LogP contribution < -0.4 is 5.73 Å². The number of anilines is 1. The number of nitrogen functional groups attached to an aromatic ring is 1. The Bertz CT molecular complexity index is 881. The number of alkyl halides is 1. The zero-order chi connectivity index (χ0) is 21.4. The normalized spacial score (nSPS) is 12.1. The molecular weight excluding hydrogens is 370 g/mol. The summed E-state index contributed by atoms with van der Waals surface area (Å²) in [6.07, 6.45) is 8.95. The molecule has 3 N–H and O–H groups in total. The number of halogens is 2. The Morgan fingerprint density at radius 1 is 1.21 bits per heavy atom. The highest BCUT2D eigenvalue weighted by Crippen LogP contribution is 2.26. The standard InChI is InChI=1S/C24H32F2N2O/c1-5-7-8-9-18(29-15-21-16(3)23(27)11-10-22(21)26)14-20-17(4)28-24(6-2)19(20)12-13-25/h8-11,14,28H,5-7,12-13,15,27H2,1-4H3/b9-8+,18-14+. The Morgan fingerprint density at radius 2 is 1.97 bits per heavy atom. The lowest BCUT2D eigenvalue weighted by Gasteiger charge is -2.13. The van der Waals surface area contributed by atoms with Gasteiger partial charge in [0.25, 0.3) is 0 Å². The first kappa shape index (κ1) is 22.7. The highest BCUT2D eigenvalue weighted by Gasteiger charge is 2.14. The van der Waals surface area contributed by atoms with Crippen LogP contribution in [0, 0.1) is 19.7 Å². The van der Waals surface area contributed by atoms with Crippen LogP contribution in [0.1, 0.15) is 60.3 Å². The minimum atomic E-state index is -0.416. The number of nitrogens with one attached hydrogen (secondary N) is 1. The molecule has 1 heterocycles. The van der Waals surface area contributed by atoms with Gasteiger partial charge >= 0.3 is 0 Å². The number of aromatic nitrogens is 1. The molecular formula is C24H32F2N2O. The molecule has 1 aromatic carbocycles. The molecule has 2 rings (SSSR count). The first-order valence-electron chi connectivity index (χ1n) is 10.2. The molecule has 0 bridgehead atoms. The number of benzene rings is 1. The first-order valence-corrected chi connectivity index (χ1v) is 10.2. The number of hydrogen-bond donors (Lipinski definition) is 2. The van der Waals surface area contributed by atoms with Gasteiger partial charge < -0.3 is 15.5 Å². The smallest absolute Gasteiger partial charge is 0.130 e. The maximum Gasteiger partial charge on any atom is 0.130 e. The van der Waals surface area contributed by atoms with Crippen molar-refractivity contribution in [1.82, 2.24) is 4.98 Å². The summed E-state index contributed by atoms with van der Waals surface area (Å²) in [5, 5.41) is 0. The molecule has 2 aromatic rings. The fraction of sp³-hybridized carbons (Fsp3) is 0.417. The quantitative estimate of drug-likeness (QED) is 0.277. The summed E-state index contributed by atoms with van der Waals surface area (Å²) in [7, 11) is 0. The van der Waals surface area contributed by atoms with Crippen LogP contribution in [0.4, 0.5) is 14.5 Å². The van der Waals surface area contributed by atoms with Gasteiger partial charge in [-0.3, -0.25) is 4.39 Å². The number of allylic oxidation sites excluding steroid dienone is 2. The third-order valence-corrected chi connectivity index (χ3v) is 5.12. The Kier molecular flexibility index (Phi) is 8.50. The van der Waals surface area contributed by atoms with E-state index in [1.807, 2.05) is 32.1 Å². The Hall–Kier alpha value is -2.56. The lowest BCUT2D eigenvalue weighted by Crippen LogP contribution is -2.02. The van der Waals surface area contributed by atoms with Gasteiger partial charge in [0, 0.05) is 34.6 Å². The van der Waals surface area contributed by atoms with E-state index in [0.717, 1.165) is 41.8 Å². The molecule has 3 nitrogen and oxygen atoms in total. The van der Waals surface area contributed by atoms with Gasteiger partial charge in [0.15, 0.2) is 0 Å². The predicted molar refractivity (Wildman–Crippen MR) is 117 cm³/mol. The van der Waals surface area contributed by atoms with E-state index in [1.165, 1.54) is 6.07 Å². The average Bonchev–Trinajstić information content (AvgIpc) is 3.00. The van der Waals surface area contributed by atoms with E-state index < -0.39 is 6.67 Å². The zero-order valence-electron chi connectivity index (χ0n) is 17.9. The fourth-order valence-electron chi connectivity index (χ4n) is 3.36. The summed E-state index contributed by atoms with van der Waals surface area (Å²) in [5.74, 6) is 0.280. The van der Waals surface area contributed by atoms with E-state index >= 15 is 0 Å². The molecule has 0 spiro atoms. The van der Waals surface area contributed by atoms with Gasteiger partial charge in [0.1, 0.15) is 18.2 Å². The number of aromatic amines is 1. The third-order valence-electron chi connectivity index (χ3n) is 5.12. The van der Waals surface area contributed by atoms with Crippen molar-refractivity contribution in [2.45, 2.75) is 60.0 Å². The van der Waals surface area contributed by atoms with Crippen LogP contribution in [0.5, 0.6) is 0 Å². The Morgan fingerprint density at radius 3 is 2.62 bits per heavy atom. The minimum absolute atomic E-state index is 0.0769. The van der Waals surface area contributed by atoms with Crippen molar-refractivity contribution < 1.29 is 13.5 Å². The largest absolute Gasteiger partial charge is 0.489 e. The zero-order valence-corrected chi connectivity index (χ0v) is 17.9. The van der Waals surface area contributed by atoms with Gasteiger partial charge in [-0.05, 0) is 62.1 Å². The maximum atomic E-state index is 14.3. The molecule has 0 saturated heterocycles. The number of aryl methyl sites for hydroxylation is 2. The van der Waals surface area contributed by atoms with Gasteiger partial charge in [0.05, 0.1) is 6.67 Å². The number of unbranched alkanes of at least 4 members (excludes halogenated alkanes) is 1. The van der Waals surface area contributed by atoms with E-state index in [9.17, 15) is 8.78 Å². The van der Waals surface area contributed by atoms with Crippen LogP contribution in [0.15, 0.2) is 30.0 Å².